The maximum atomic E-state index is 12.6. The van der Waals surface area contributed by atoms with Crippen molar-refractivity contribution in [2.45, 2.75) is 31.2 Å². The average Bonchev–Trinajstić information content (AvgIpc) is 2.74. The topological polar surface area (TPSA) is 51.0 Å². The van der Waals surface area contributed by atoms with E-state index in [0.717, 1.165) is 24.3 Å². The van der Waals surface area contributed by atoms with E-state index >= 15 is 0 Å². The zero-order chi connectivity index (χ0) is 23.8. The van der Waals surface area contributed by atoms with Crippen LogP contribution in [-0.2, 0) is 21.9 Å². The number of methoxy groups -OCH3 is 1. The molecule has 0 aliphatic carbocycles. The van der Waals surface area contributed by atoms with Gasteiger partial charge in [0.25, 0.3) is 0 Å². The Morgan fingerprint density at radius 3 is 1.78 bits per heavy atom. The third-order valence-corrected chi connectivity index (χ3v) is 4.36. The van der Waals surface area contributed by atoms with Crippen molar-refractivity contribution in [1.29, 1.82) is 0 Å². The molecule has 2 aromatic rings. The summed E-state index contributed by atoms with van der Waals surface area (Å²) in [4.78, 5) is 20.1. The molecule has 32 heavy (non-hydrogen) atoms. The van der Waals surface area contributed by atoms with Crippen LogP contribution in [0.5, 0.6) is 0 Å². The highest BCUT2D eigenvalue weighted by atomic mass is 19.4. The predicted octanol–water partition coefficient (Wildman–Crippen LogP) is 5.58. The lowest BCUT2D eigenvalue weighted by molar-refractivity contribution is -0.142. The lowest BCUT2D eigenvalue weighted by Crippen LogP contribution is -2.20. The van der Waals surface area contributed by atoms with Gasteiger partial charge in [-0.25, -0.2) is 4.79 Å². The largest absolute Gasteiger partial charge is 0.467 e. The molecule has 172 valence electrons. The third kappa shape index (κ3) is 7.82. The van der Waals surface area contributed by atoms with E-state index in [4.69, 9.17) is 4.74 Å². The number of alkyl halides is 6. The van der Waals surface area contributed by atoms with Gasteiger partial charge in [-0.2, -0.15) is 26.3 Å². The molecule has 0 spiro atoms. The minimum absolute atomic E-state index is 0.272. The zero-order valence-corrected chi connectivity index (χ0v) is 17.0. The van der Waals surface area contributed by atoms with Crippen LogP contribution in [0, 0.1) is 0 Å². The fraction of sp³-hybridized carbons (Fsp3) is 0.318. The molecule has 0 aromatic heterocycles. The Labute approximate surface area is 180 Å². The molecule has 1 unspecified atom stereocenters. The highest BCUT2D eigenvalue weighted by Gasteiger charge is 2.30. The van der Waals surface area contributed by atoms with Crippen molar-refractivity contribution in [2.75, 3.05) is 13.7 Å². The molecule has 0 radical (unpaired) electrons. The standard InChI is InChI=1S/C22H20F6N2O2/c1-32-20(31)19(30-14-16-6-10-18(11-7-16)22(26,27)28)3-2-12-29-13-15-4-8-17(9-5-15)21(23,24)25/h4-11,13-14,19H,2-3,12H2,1H3/b29-13+,30-14+. The van der Waals surface area contributed by atoms with Gasteiger partial charge in [0.15, 0.2) is 0 Å². The van der Waals surface area contributed by atoms with Crippen molar-refractivity contribution in [3.63, 3.8) is 0 Å². The van der Waals surface area contributed by atoms with E-state index < -0.39 is 35.5 Å². The van der Waals surface area contributed by atoms with Gasteiger partial charge >= 0.3 is 18.3 Å². The minimum Gasteiger partial charge on any atom is -0.467 e. The van der Waals surface area contributed by atoms with E-state index in [1.165, 1.54) is 43.8 Å². The second kappa shape index (κ2) is 10.9. The summed E-state index contributed by atoms with van der Waals surface area (Å²) < 4.78 is 80.2. The molecule has 4 nitrogen and oxygen atoms in total. The lowest BCUT2D eigenvalue weighted by atomic mass is 10.1. The molecular formula is C22H20F6N2O2. The number of benzene rings is 2. The molecule has 2 aromatic carbocycles. The van der Waals surface area contributed by atoms with Gasteiger partial charge in [-0.1, -0.05) is 24.3 Å². The number of halogens is 6. The Balaban J connectivity index is 1.90. The van der Waals surface area contributed by atoms with Gasteiger partial charge in [0.2, 0.25) is 0 Å². The van der Waals surface area contributed by atoms with Crippen LogP contribution in [0.1, 0.15) is 35.1 Å². The monoisotopic (exact) mass is 458 g/mol. The normalized spacial score (nSPS) is 13.6. The van der Waals surface area contributed by atoms with Crippen molar-refractivity contribution in [1.82, 2.24) is 0 Å². The molecule has 0 aliphatic heterocycles. The first-order valence-electron chi connectivity index (χ1n) is 9.46. The molecule has 0 saturated carbocycles. The van der Waals surface area contributed by atoms with Gasteiger partial charge in [0.05, 0.1) is 18.2 Å². The Morgan fingerprint density at radius 1 is 0.875 bits per heavy atom. The highest BCUT2D eigenvalue weighted by molar-refractivity contribution is 5.84. The van der Waals surface area contributed by atoms with Crippen molar-refractivity contribution < 1.29 is 35.9 Å². The Morgan fingerprint density at radius 2 is 1.34 bits per heavy atom. The van der Waals surface area contributed by atoms with Crippen LogP contribution in [0.15, 0.2) is 58.5 Å². The maximum absolute atomic E-state index is 12.6. The number of hydrogen-bond donors (Lipinski definition) is 0. The van der Waals surface area contributed by atoms with E-state index in [1.807, 2.05) is 0 Å². The Kier molecular flexibility index (Phi) is 8.56. The SMILES string of the molecule is COC(=O)C(CCC/N=C/c1ccc(C(F)(F)F)cc1)/N=C/c1ccc(C(F)(F)F)cc1. The molecule has 1 atom stereocenters. The Bertz CT molecular complexity index is 933. The summed E-state index contributed by atoms with van der Waals surface area (Å²) in [5.74, 6) is -0.597. The van der Waals surface area contributed by atoms with Gasteiger partial charge in [-0.15, -0.1) is 0 Å². The summed E-state index contributed by atoms with van der Waals surface area (Å²) in [7, 11) is 1.20. The number of nitrogens with zero attached hydrogens (tertiary/aromatic N) is 2. The first kappa shape index (κ1) is 25.1. The molecule has 0 N–H and O–H groups in total. The van der Waals surface area contributed by atoms with E-state index in [1.54, 1.807) is 0 Å². The summed E-state index contributed by atoms with van der Waals surface area (Å²) in [6.45, 7) is 0.296. The molecule has 10 heteroatoms. The van der Waals surface area contributed by atoms with E-state index in [-0.39, 0.29) is 6.42 Å². The molecule has 0 aliphatic rings. The number of carbonyl (C=O) groups is 1. The van der Waals surface area contributed by atoms with Crippen LogP contribution >= 0.6 is 0 Å². The van der Waals surface area contributed by atoms with Crippen LogP contribution in [0.4, 0.5) is 26.3 Å². The highest BCUT2D eigenvalue weighted by Crippen LogP contribution is 2.29. The minimum atomic E-state index is -4.44. The van der Waals surface area contributed by atoms with Crippen molar-refractivity contribution in [3.05, 3.63) is 70.8 Å². The number of ether oxygens (including phenoxy) is 1. The smallest absolute Gasteiger partial charge is 0.416 e. The lowest BCUT2D eigenvalue weighted by Gasteiger charge is -2.09. The fourth-order valence-electron chi connectivity index (χ4n) is 2.63. The molecule has 0 saturated heterocycles. The second-order valence-corrected chi connectivity index (χ2v) is 6.73. The van der Waals surface area contributed by atoms with E-state index in [0.29, 0.717) is 24.1 Å². The van der Waals surface area contributed by atoms with Crippen LogP contribution in [0.25, 0.3) is 0 Å². The van der Waals surface area contributed by atoms with Gasteiger partial charge in [0.1, 0.15) is 6.04 Å². The van der Waals surface area contributed by atoms with E-state index in [9.17, 15) is 31.1 Å². The van der Waals surface area contributed by atoms with Crippen LogP contribution in [0.3, 0.4) is 0 Å². The third-order valence-electron chi connectivity index (χ3n) is 4.36. The second-order valence-electron chi connectivity index (χ2n) is 6.73. The first-order chi connectivity index (χ1) is 15.0. The molecular weight excluding hydrogens is 438 g/mol. The Hall–Kier alpha value is -3.17. The van der Waals surface area contributed by atoms with Gasteiger partial charge in [-0.3, -0.25) is 9.98 Å². The fourth-order valence-corrected chi connectivity index (χ4v) is 2.63. The summed E-state index contributed by atoms with van der Waals surface area (Å²) in [6.07, 6.45) is -5.41. The number of aliphatic imine (C=N–C) groups is 2. The summed E-state index contributed by atoms with van der Waals surface area (Å²) in [5, 5.41) is 0. The summed E-state index contributed by atoms with van der Waals surface area (Å²) in [6, 6.07) is 8.01. The molecule has 2 rings (SSSR count). The summed E-state index contributed by atoms with van der Waals surface area (Å²) in [5.41, 5.74) is -0.637. The van der Waals surface area contributed by atoms with Gasteiger partial charge in [-0.05, 0) is 48.2 Å². The van der Waals surface area contributed by atoms with E-state index in [2.05, 4.69) is 9.98 Å². The first-order valence-corrected chi connectivity index (χ1v) is 9.46. The summed E-state index contributed by atoms with van der Waals surface area (Å²) >= 11 is 0. The van der Waals surface area contributed by atoms with Crippen LogP contribution in [-0.4, -0.2) is 38.1 Å². The number of hydrogen-bond acceptors (Lipinski definition) is 4. The van der Waals surface area contributed by atoms with Crippen LogP contribution in [0.2, 0.25) is 0 Å². The molecule has 0 fully saturated rings. The van der Waals surface area contributed by atoms with Crippen LogP contribution < -0.4 is 0 Å². The number of esters is 1. The predicted molar refractivity (Wildman–Crippen MR) is 108 cm³/mol. The maximum Gasteiger partial charge on any atom is 0.416 e. The average molecular weight is 458 g/mol. The zero-order valence-electron chi connectivity index (χ0n) is 17.0. The number of rotatable bonds is 8. The van der Waals surface area contributed by atoms with Gasteiger partial charge in [0, 0.05) is 19.0 Å². The van der Waals surface area contributed by atoms with Crippen molar-refractivity contribution in [2.24, 2.45) is 9.98 Å². The van der Waals surface area contributed by atoms with Crippen molar-refractivity contribution in [3.8, 4) is 0 Å². The molecule has 0 bridgehead atoms. The van der Waals surface area contributed by atoms with Gasteiger partial charge < -0.3 is 4.74 Å². The molecule has 0 heterocycles. The van der Waals surface area contributed by atoms with Crippen molar-refractivity contribution >= 4 is 18.4 Å². The number of carbonyl (C=O) groups excluding carboxylic acids is 1. The quantitative estimate of drug-likeness (QED) is 0.224. The molecule has 0 amide bonds.